The van der Waals surface area contributed by atoms with Gasteiger partial charge in [0, 0.05) is 26.2 Å². The molecule has 1 N–H and O–H groups in total. The first-order valence-corrected chi connectivity index (χ1v) is 8.98. The van der Waals surface area contributed by atoms with Gasteiger partial charge in [0.25, 0.3) is 5.56 Å². The molecule has 2 aromatic heterocycles. The van der Waals surface area contributed by atoms with Crippen molar-refractivity contribution in [2.45, 2.75) is 6.54 Å². The zero-order valence-corrected chi connectivity index (χ0v) is 17.6. The Balaban J connectivity index is 1.99. The molecule has 3 aromatic rings. The minimum Gasteiger partial charge on any atom is -0.493 e. The minimum atomic E-state index is -0.687. The van der Waals surface area contributed by atoms with Crippen molar-refractivity contribution < 1.29 is 23.8 Å². The van der Waals surface area contributed by atoms with E-state index in [-0.39, 0.29) is 34.7 Å². The normalized spacial score (nSPS) is 10.7. The van der Waals surface area contributed by atoms with Crippen molar-refractivity contribution in [2.75, 3.05) is 26.6 Å². The number of nitrogens with zero attached hydrogens (tertiary/aromatic N) is 4. The number of carbonyl (C=O) groups excluding carboxylic acids is 2. The summed E-state index contributed by atoms with van der Waals surface area (Å²) < 4.78 is 18.7. The predicted octanol–water partition coefficient (Wildman–Crippen LogP) is -0.124. The maximum absolute atomic E-state index is 12.7. The van der Waals surface area contributed by atoms with Crippen molar-refractivity contribution >= 4 is 28.7 Å². The molecule has 0 saturated heterocycles. The van der Waals surface area contributed by atoms with Crippen molar-refractivity contribution in [1.29, 1.82) is 0 Å². The molecule has 12 heteroatoms. The van der Waals surface area contributed by atoms with E-state index in [4.69, 9.17) is 14.2 Å². The fourth-order valence-corrected chi connectivity index (χ4v) is 3.12. The Kier molecular flexibility index (Phi) is 5.81. The number of anilines is 1. The SMILES string of the molecule is COC(=O)c1cc(OC)c(OC)cc1NC(=O)Cn1cnc2c1c(=O)n(C)c(=O)n2C. The van der Waals surface area contributed by atoms with E-state index in [1.807, 2.05) is 0 Å². The Hall–Kier alpha value is -4.09. The van der Waals surface area contributed by atoms with Crippen LogP contribution in [0.25, 0.3) is 11.2 Å². The lowest BCUT2D eigenvalue weighted by Gasteiger charge is -2.15. The fourth-order valence-electron chi connectivity index (χ4n) is 3.12. The number of hydrogen-bond acceptors (Lipinski definition) is 8. The molecule has 1 amide bonds. The summed E-state index contributed by atoms with van der Waals surface area (Å²) in [5, 5.41) is 2.61. The average molecular weight is 431 g/mol. The van der Waals surface area contributed by atoms with Gasteiger partial charge in [-0.1, -0.05) is 0 Å². The van der Waals surface area contributed by atoms with E-state index in [0.29, 0.717) is 5.75 Å². The number of hydrogen-bond donors (Lipinski definition) is 1. The largest absolute Gasteiger partial charge is 0.493 e. The maximum Gasteiger partial charge on any atom is 0.340 e. The molecule has 31 heavy (non-hydrogen) atoms. The van der Waals surface area contributed by atoms with Crippen LogP contribution >= 0.6 is 0 Å². The van der Waals surface area contributed by atoms with E-state index >= 15 is 0 Å². The summed E-state index contributed by atoms with van der Waals surface area (Å²) in [6, 6.07) is 2.82. The third-order valence-electron chi connectivity index (χ3n) is 4.73. The van der Waals surface area contributed by atoms with E-state index in [2.05, 4.69) is 10.3 Å². The van der Waals surface area contributed by atoms with Gasteiger partial charge in [-0.25, -0.2) is 14.6 Å². The van der Waals surface area contributed by atoms with Crippen LogP contribution < -0.4 is 26.0 Å². The van der Waals surface area contributed by atoms with Crippen LogP contribution in [0.1, 0.15) is 10.4 Å². The van der Waals surface area contributed by atoms with Crippen LogP contribution in [0.5, 0.6) is 11.5 Å². The molecule has 0 radical (unpaired) electrons. The first-order chi connectivity index (χ1) is 14.7. The quantitative estimate of drug-likeness (QED) is 0.534. The summed E-state index contributed by atoms with van der Waals surface area (Å²) in [6.45, 7) is -0.293. The van der Waals surface area contributed by atoms with Gasteiger partial charge in [-0.15, -0.1) is 0 Å². The highest BCUT2D eigenvalue weighted by atomic mass is 16.5. The molecule has 0 aliphatic carbocycles. The van der Waals surface area contributed by atoms with Gasteiger partial charge < -0.3 is 24.1 Å². The lowest BCUT2D eigenvalue weighted by atomic mass is 10.1. The molecule has 0 unspecified atom stereocenters. The third-order valence-corrected chi connectivity index (χ3v) is 4.73. The zero-order chi connectivity index (χ0) is 22.9. The molecule has 2 heterocycles. The van der Waals surface area contributed by atoms with E-state index in [0.717, 1.165) is 4.57 Å². The zero-order valence-electron chi connectivity index (χ0n) is 17.6. The molecule has 0 bridgehead atoms. The number of esters is 1. The Morgan fingerprint density at radius 2 is 1.68 bits per heavy atom. The van der Waals surface area contributed by atoms with Crippen LogP contribution in [-0.4, -0.2) is 51.9 Å². The summed E-state index contributed by atoms with van der Waals surface area (Å²) >= 11 is 0. The van der Waals surface area contributed by atoms with Crippen molar-refractivity contribution in [1.82, 2.24) is 18.7 Å². The van der Waals surface area contributed by atoms with Crippen LogP contribution in [0.3, 0.4) is 0 Å². The van der Waals surface area contributed by atoms with Crippen LogP contribution in [0, 0.1) is 0 Å². The van der Waals surface area contributed by atoms with Crippen LogP contribution in [0.15, 0.2) is 28.0 Å². The third kappa shape index (κ3) is 3.74. The number of aromatic nitrogens is 4. The Bertz CT molecular complexity index is 1300. The summed E-state index contributed by atoms with van der Waals surface area (Å²) in [4.78, 5) is 53.5. The van der Waals surface area contributed by atoms with E-state index < -0.39 is 23.1 Å². The van der Waals surface area contributed by atoms with E-state index in [9.17, 15) is 19.2 Å². The number of amides is 1. The van der Waals surface area contributed by atoms with Gasteiger partial charge in [0.15, 0.2) is 22.7 Å². The number of fused-ring (bicyclic) bond motifs is 1. The second-order valence-corrected chi connectivity index (χ2v) is 6.54. The summed E-state index contributed by atoms with van der Waals surface area (Å²) in [5.74, 6) is -0.658. The van der Waals surface area contributed by atoms with Gasteiger partial charge in [0.05, 0.1) is 38.9 Å². The Morgan fingerprint density at radius 1 is 1.03 bits per heavy atom. The van der Waals surface area contributed by atoms with Gasteiger partial charge in [-0.2, -0.15) is 0 Å². The first kappa shape index (κ1) is 21.6. The topological polar surface area (TPSA) is 136 Å². The predicted molar refractivity (Wildman–Crippen MR) is 110 cm³/mol. The number of carbonyl (C=O) groups is 2. The number of rotatable bonds is 6. The number of imidazole rings is 1. The van der Waals surface area contributed by atoms with Crippen molar-refractivity contribution in [3.63, 3.8) is 0 Å². The number of aryl methyl sites for hydroxylation is 1. The van der Waals surface area contributed by atoms with Gasteiger partial charge >= 0.3 is 11.7 Å². The molecular formula is C19H21N5O7. The molecule has 0 spiro atoms. The molecule has 12 nitrogen and oxygen atoms in total. The van der Waals surface area contributed by atoms with Gasteiger partial charge in [-0.3, -0.25) is 18.7 Å². The molecule has 164 valence electrons. The van der Waals surface area contributed by atoms with Gasteiger partial charge in [0.2, 0.25) is 5.91 Å². The molecule has 0 fully saturated rings. The number of benzene rings is 1. The molecule has 1 aromatic carbocycles. The summed E-state index contributed by atoms with van der Waals surface area (Å²) in [7, 11) is 6.86. The smallest absolute Gasteiger partial charge is 0.340 e. The van der Waals surface area contributed by atoms with Gasteiger partial charge in [-0.05, 0) is 0 Å². The van der Waals surface area contributed by atoms with Gasteiger partial charge in [0.1, 0.15) is 6.54 Å². The monoisotopic (exact) mass is 431 g/mol. The lowest BCUT2D eigenvalue weighted by molar-refractivity contribution is -0.116. The van der Waals surface area contributed by atoms with E-state index in [1.165, 1.54) is 63.0 Å². The average Bonchev–Trinajstić information content (AvgIpc) is 3.18. The number of methoxy groups -OCH3 is 3. The Labute approximate surface area is 175 Å². The highest BCUT2D eigenvalue weighted by Crippen LogP contribution is 2.33. The second-order valence-electron chi connectivity index (χ2n) is 6.54. The van der Waals surface area contributed by atoms with Crippen molar-refractivity contribution in [2.24, 2.45) is 14.1 Å². The minimum absolute atomic E-state index is 0.0577. The molecular weight excluding hydrogens is 410 g/mol. The number of nitrogens with one attached hydrogen (secondary N) is 1. The fraction of sp³-hybridized carbons (Fsp3) is 0.316. The van der Waals surface area contributed by atoms with Crippen molar-refractivity contribution in [3.8, 4) is 11.5 Å². The second kappa shape index (κ2) is 8.34. The van der Waals surface area contributed by atoms with Crippen LogP contribution in [0.4, 0.5) is 5.69 Å². The summed E-state index contributed by atoms with van der Waals surface area (Å²) in [6.07, 6.45) is 1.29. The van der Waals surface area contributed by atoms with Crippen LogP contribution in [0.2, 0.25) is 0 Å². The first-order valence-electron chi connectivity index (χ1n) is 8.98. The Morgan fingerprint density at radius 3 is 2.29 bits per heavy atom. The lowest BCUT2D eigenvalue weighted by Crippen LogP contribution is -2.37. The van der Waals surface area contributed by atoms with E-state index in [1.54, 1.807) is 0 Å². The highest BCUT2D eigenvalue weighted by Gasteiger charge is 2.20. The molecule has 0 saturated carbocycles. The van der Waals surface area contributed by atoms with Crippen molar-refractivity contribution in [3.05, 3.63) is 44.9 Å². The highest BCUT2D eigenvalue weighted by molar-refractivity contribution is 6.02. The molecule has 0 aliphatic rings. The maximum atomic E-state index is 12.7. The summed E-state index contributed by atoms with van der Waals surface area (Å²) in [5.41, 5.74) is -0.658. The van der Waals surface area contributed by atoms with Crippen LogP contribution in [-0.2, 0) is 30.2 Å². The standard InChI is InChI=1S/C19H21N5O7/c1-22-16-15(17(26)23(2)19(22)28)24(9-20-16)8-14(25)21-11-7-13(30-4)12(29-3)6-10(11)18(27)31-5/h6-7,9H,8H2,1-5H3,(H,21,25). The molecule has 3 rings (SSSR count). The molecule has 0 aliphatic heterocycles. The molecule has 0 atom stereocenters. The number of ether oxygens (including phenoxy) is 3.